The van der Waals surface area contributed by atoms with Gasteiger partial charge in [0.05, 0.1) is 0 Å². The zero-order valence-corrected chi connectivity index (χ0v) is 16.0. The number of halogens is 5. The Labute approximate surface area is 169 Å². The molecule has 0 unspecified atom stereocenters. The van der Waals surface area contributed by atoms with Crippen LogP contribution in [0.15, 0.2) is 36.2 Å². The lowest BCUT2D eigenvalue weighted by molar-refractivity contribution is -0.141. The van der Waals surface area contributed by atoms with Crippen molar-refractivity contribution >= 4 is 11.6 Å². The monoisotopic (exact) mass is 428 g/mol. The van der Waals surface area contributed by atoms with E-state index >= 15 is 0 Å². The third-order valence-corrected chi connectivity index (χ3v) is 4.84. The first-order valence-corrected chi connectivity index (χ1v) is 9.59. The molecule has 2 aromatic rings. The molecule has 1 fully saturated rings. The molecule has 1 saturated carbocycles. The molecule has 3 rings (SSSR count). The number of nitrogens with zero attached hydrogens (tertiary/aromatic N) is 1. The van der Waals surface area contributed by atoms with Crippen molar-refractivity contribution in [2.45, 2.75) is 50.7 Å². The van der Waals surface area contributed by atoms with E-state index in [9.17, 15) is 26.7 Å². The van der Waals surface area contributed by atoms with Crippen molar-refractivity contribution in [1.29, 1.82) is 0 Å². The second-order valence-corrected chi connectivity index (χ2v) is 7.17. The number of allylic oxidation sites excluding steroid dienone is 1. The SMILES string of the molecule is O=C(/C=C(\Nc1cc(C(F)(F)F)[nH]n1)NC1CCCCCC1)c1ccc(F)c(F)c1. The molecule has 1 aliphatic carbocycles. The van der Waals surface area contributed by atoms with Crippen molar-refractivity contribution in [3.63, 3.8) is 0 Å². The third-order valence-electron chi connectivity index (χ3n) is 4.84. The molecule has 1 aliphatic rings. The van der Waals surface area contributed by atoms with E-state index in [1.807, 2.05) is 5.10 Å². The lowest BCUT2D eigenvalue weighted by Crippen LogP contribution is -2.31. The third kappa shape index (κ3) is 5.80. The molecule has 0 amide bonds. The standard InChI is InChI=1S/C20H21F5N4O/c21-14-8-7-12(9-15(14)22)16(30)10-18(26-13-5-3-1-2-4-6-13)27-19-11-17(28-29-19)20(23,24)25/h7-11,13,26H,1-6H2,(H2,27,28,29)/b18-10-. The predicted octanol–water partition coefficient (Wildman–Crippen LogP) is 5.16. The van der Waals surface area contributed by atoms with Crippen LogP contribution in [-0.4, -0.2) is 22.0 Å². The lowest BCUT2D eigenvalue weighted by atomic mass is 10.1. The first-order valence-electron chi connectivity index (χ1n) is 9.59. The molecule has 3 N–H and O–H groups in total. The Balaban J connectivity index is 1.83. The number of alkyl halides is 3. The molecular weight excluding hydrogens is 407 g/mol. The molecule has 162 valence electrons. The van der Waals surface area contributed by atoms with E-state index in [0.29, 0.717) is 0 Å². The topological polar surface area (TPSA) is 69.8 Å². The smallest absolute Gasteiger partial charge is 0.369 e. The summed E-state index contributed by atoms with van der Waals surface area (Å²) in [6, 6.07) is 3.55. The maximum absolute atomic E-state index is 13.5. The number of carbonyl (C=O) groups is 1. The summed E-state index contributed by atoms with van der Waals surface area (Å²) in [6.45, 7) is 0. The molecule has 5 nitrogen and oxygen atoms in total. The lowest BCUT2D eigenvalue weighted by Gasteiger charge is -2.20. The van der Waals surface area contributed by atoms with Crippen LogP contribution in [0.2, 0.25) is 0 Å². The maximum atomic E-state index is 13.5. The Kier molecular flexibility index (Phi) is 6.73. The molecule has 0 spiro atoms. The molecule has 1 heterocycles. The molecule has 1 aromatic carbocycles. The fourth-order valence-corrected chi connectivity index (χ4v) is 3.29. The van der Waals surface area contributed by atoms with E-state index in [0.717, 1.165) is 68.9 Å². The Morgan fingerprint density at radius 3 is 2.37 bits per heavy atom. The van der Waals surface area contributed by atoms with Gasteiger partial charge in [-0.2, -0.15) is 18.3 Å². The van der Waals surface area contributed by atoms with Crippen LogP contribution in [0.4, 0.5) is 27.8 Å². The fraction of sp³-hybridized carbons (Fsp3) is 0.400. The van der Waals surface area contributed by atoms with Crippen molar-refractivity contribution in [2.24, 2.45) is 0 Å². The number of anilines is 1. The van der Waals surface area contributed by atoms with Crippen LogP contribution in [0.25, 0.3) is 0 Å². The number of carbonyl (C=O) groups excluding carboxylic acids is 1. The first kappa shape index (κ1) is 21.8. The molecule has 30 heavy (non-hydrogen) atoms. The average molecular weight is 428 g/mol. The minimum atomic E-state index is -4.59. The highest BCUT2D eigenvalue weighted by Gasteiger charge is 2.33. The number of H-pyrrole nitrogens is 1. The number of aromatic nitrogens is 2. The minimum absolute atomic E-state index is 0.0185. The van der Waals surface area contributed by atoms with Crippen LogP contribution in [0.3, 0.4) is 0 Å². The number of aromatic amines is 1. The molecule has 1 aromatic heterocycles. The highest BCUT2D eigenvalue weighted by molar-refractivity contribution is 6.05. The van der Waals surface area contributed by atoms with E-state index in [1.54, 1.807) is 0 Å². The summed E-state index contributed by atoms with van der Waals surface area (Å²) in [6.07, 6.45) is 2.36. The molecule has 10 heteroatoms. The van der Waals surface area contributed by atoms with Gasteiger partial charge < -0.3 is 10.6 Å². The van der Waals surface area contributed by atoms with Gasteiger partial charge in [0.2, 0.25) is 0 Å². The Bertz CT molecular complexity index is 914. The van der Waals surface area contributed by atoms with Crippen molar-refractivity contribution in [1.82, 2.24) is 15.5 Å². The van der Waals surface area contributed by atoms with Gasteiger partial charge in [0.1, 0.15) is 11.5 Å². The van der Waals surface area contributed by atoms with Gasteiger partial charge in [-0.3, -0.25) is 9.89 Å². The van der Waals surface area contributed by atoms with Crippen LogP contribution >= 0.6 is 0 Å². The molecule has 0 radical (unpaired) electrons. The first-order chi connectivity index (χ1) is 14.2. The van der Waals surface area contributed by atoms with Gasteiger partial charge in [-0.1, -0.05) is 25.7 Å². The number of ketones is 1. The number of benzene rings is 1. The highest BCUT2D eigenvalue weighted by Crippen LogP contribution is 2.29. The molecule has 0 bridgehead atoms. The van der Waals surface area contributed by atoms with Crippen LogP contribution < -0.4 is 10.6 Å². The summed E-state index contributed by atoms with van der Waals surface area (Å²) in [7, 11) is 0. The van der Waals surface area contributed by atoms with Crippen LogP contribution in [0.1, 0.15) is 54.6 Å². The largest absolute Gasteiger partial charge is 0.432 e. The summed E-state index contributed by atoms with van der Waals surface area (Å²) in [4.78, 5) is 12.5. The van der Waals surface area contributed by atoms with Crippen LogP contribution in [0, 0.1) is 11.6 Å². The van der Waals surface area contributed by atoms with Gasteiger partial charge in [-0.15, -0.1) is 0 Å². The Morgan fingerprint density at radius 1 is 1.07 bits per heavy atom. The van der Waals surface area contributed by atoms with Gasteiger partial charge in [0.25, 0.3) is 0 Å². The van der Waals surface area contributed by atoms with Crippen molar-refractivity contribution in [3.8, 4) is 0 Å². The Hall–Kier alpha value is -2.91. The number of rotatable bonds is 6. The second-order valence-electron chi connectivity index (χ2n) is 7.17. The van der Waals surface area contributed by atoms with E-state index in [2.05, 4.69) is 15.7 Å². The zero-order valence-electron chi connectivity index (χ0n) is 16.0. The van der Waals surface area contributed by atoms with Gasteiger partial charge in [0.15, 0.2) is 23.2 Å². The van der Waals surface area contributed by atoms with Crippen molar-refractivity contribution in [2.75, 3.05) is 5.32 Å². The summed E-state index contributed by atoms with van der Waals surface area (Å²) in [5.41, 5.74) is -1.13. The molecule has 0 saturated heterocycles. The number of nitrogens with one attached hydrogen (secondary N) is 3. The summed E-state index contributed by atoms with van der Waals surface area (Å²) in [5, 5.41) is 11.3. The second kappa shape index (κ2) is 9.27. The van der Waals surface area contributed by atoms with Gasteiger partial charge in [-0.05, 0) is 31.0 Å². The van der Waals surface area contributed by atoms with E-state index in [1.165, 1.54) is 0 Å². The highest BCUT2D eigenvalue weighted by atomic mass is 19.4. The summed E-state index contributed by atoms with van der Waals surface area (Å²) < 4.78 is 65.0. The molecule has 0 atom stereocenters. The fourth-order valence-electron chi connectivity index (χ4n) is 3.29. The summed E-state index contributed by atoms with van der Waals surface area (Å²) in [5.74, 6) is -2.88. The minimum Gasteiger partial charge on any atom is -0.369 e. The molecule has 0 aliphatic heterocycles. The van der Waals surface area contributed by atoms with Crippen molar-refractivity contribution in [3.05, 3.63) is 59.1 Å². The maximum Gasteiger partial charge on any atom is 0.432 e. The van der Waals surface area contributed by atoms with E-state index in [4.69, 9.17) is 0 Å². The zero-order chi connectivity index (χ0) is 21.7. The van der Waals surface area contributed by atoms with Crippen LogP contribution in [0.5, 0.6) is 0 Å². The van der Waals surface area contributed by atoms with E-state index < -0.39 is 29.3 Å². The van der Waals surface area contributed by atoms with E-state index in [-0.39, 0.29) is 23.2 Å². The normalized spacial score (nSPS) is 16.2. The van der Waals surface area contributed by atoms with Crippen LogP contribution in [-0.2, 0) is 6.18 Å². The van der Waals surface area contributed by atoms with Gasteiger partial charge >= 0.3 is 6.18 Å². The summed E-state index contributed by atoms with van der Waals surface area (Å²) >= 11 is 0. The van der Waals surface area contributed by atoms with Crippen molar-refractivity contribution < 1.29 is 26.7 Å². The predicted molar refractivity (Wildman–Crippen MR) is 101 cm³/mol. The number of hydrogen-bond donors (Lipinski definition) is 3. The number of hydrogen-bond acceptors (Lipinski definition) is 4. The average Bonchev–Trinajstić information content (AvgIpc) is 3.00. The van der Waals surface area contributed by atoms with Gasteiger partial charge in [0, 0.05) is 23.7 Å². The Morgan fingerprint density at radius 2 is 1.77 bits per heavy atom. The molecular formula is C20H21F5N4O. The van der Waals surface area contributed by atoms with Gasteiger partial charge in [-0.25, -0.2) is 8.78 Å². The quantitative estimate of drug-likeness (QED) is 0.257.